The van der Waals surface area contributed by atoms with Crippen molar-refractivity contribution < 1.29 is 9.53 Å². The molecule has 1 fully saturated rings. The van der Waals surface area contributed by atoms with Crippen LogP contribution < -0.4 is 11.1 Å². The van der Waals surface area contributed by atoms with Gasteiger partial charge in [0.15, 0.2) is 0 Å². The van der Waals surface area contributed by atoms with Gasteiger partial charge in [0.2, 0.25) is 0 Å². The molecule has 0 aromatic heterocycles. The number of hydrogen-bond acceptors (Lipinski definition) is 3. The van der Waals surface area contributed by atoms with E-state index in [-0.39, 0.29) is 11.5 Å². The first kappa shape index (κ1) is 10.3. The maximum absolute atomic E-state index is 11.0. The molecular weight excluding hydrogens is 168 g/mol. The topological polar surface area (TPSA) is 64.3 Å². The van der Waals surface area contributed by atoms with Crippen LogP contribution in [0.4, 0.5) is 4.79 Å². The summed E-state index contributed by atoms with van der Waals surface area (Å²) in [6.45, 7) is 3.52. The lowest BCUT2D eigenvalue weighted by Gasteiger charge is -2.40. The summed E-state index contributed by atoms with van der Waals surface area (Å²) in [5, 5.41) is 2.74. The lowest BCUT2D eigenvalue weighted by atomic mass is 9.69. The fourth-order valence-electron chi connectivity index (χ4n) is 1.57. The number of ether oxygens (including phenoxy) is 1. The maximum atomic E-state index is 11.0. The molecule has 0 radical (unpaired) electrons. The van der Waals surface area contributed by atoms with Gasteiger partial charge in [-0.1, -0.05) is 6.42 Å². The molecule has 13 heavy (non-hydrogen) atoms. The van der Waals surface area contributed by atoms with Crippen LogP contribution in [0.25, 0.3) is 0 Å². The summed E-state index contributed by atoms with van der Waals surface area (Å²) in [7, 11) is 0. The Hall–Kier alpha value is -0.770. The van der Waals surface area contributed by atoms with Crippen LogP contribution in [-0.2, 0) is 4.74 Å². The fraction of sp³-hybridized carbons (Fsp3) is 0.889. The maximum Gasteiger partial charge on any atom is 0.407 e. The Bertz CT molecular complexity index is 173. The summed E-state index contributed by atoms with van der Waals surface area (Å²) in [5.41, 5.74) is 5.80. The summed E-state index contributed by atoms with van der Waals surface area (Å²) in [4.78, 5) is 11.0. The average molecular weight is 186 g/mol. The van der Waals surface area contributed by atoms with Gasteiger partial charge in [-0.2, -0.15) is 0 Å². The zero-order chi connectivity index (χ0) is 9.73. The molecule has 1 saturated carbocycles. The summed E-state index contributed by atoms with van der Waals surface area (Å²) < 4.78 is 4.76. The van der Waals surface area contributed by atoms with E-state index >= 15 is 0 Å². The van der Waals surface area contributed by atoms with Gasteiger partial charge in [-0.3, -0.25) is 0 Å². The largest absolute Gasteiger partial charge is 0.450 e. The van der Waals surface area contributed by atoms with Crippen molar-refractivity contribution in [2.45, 2.75) is 26.2 Å². The van der Waals surface area contributed by atoms with Gasteiger partial charge in [-0.05, 0) is 26.3 Å². The predicted molar refractivity (Wildman–Crippen MR) is 50.4 cm³/mol. The molecule has 4 heteroatoms. The quantitative estimate of drug-likeness (QED) is 0.684. The van der Waals surface area contributed by atoms with E-state index in [1.54, 1.807) is 6.92 Å². The minimum absolute atomic E-state index is 0.159. The first-order valence-electron chi connectivity index (χ1n) is 4.83. The molecule has 4 nitrogen and oxygen atoms in total. The predicted octanol–water partition coefficient (Wildman–Crippen LogP) is 0.861. The van der Waals surface area contributed by atoms with Crippen molar-refractivity contribution in [3.8, 4) is 0 Å². The molecule has 0 aliphatic heterocycles. The number of amides is 1. The van der Waals surface area contributed by atoms with Gasteiger partial charge in [-0.25, -0.2) is 4.79 Å². The van der Waals surface area contributed by atoms with E-state index in [9.17, 15) is 4.79 Å². The van der Waals surface area contributed by atoms with Crippen molar-refractivity contribution in [3.63, 3.8) is 0 Å². The van der Waals surface area contributed by atoms with Crippen LogP contribution in [0.15, 0.2) is 0 Å². The Morgan fingerprint density at radius 2 is 2.31 bits per heavy atom. The molecule has 1 aliphatic rings. The summed E-state index contributed by atoms with van der Waals surface area (Å²) in [5.74, 6) is 0. The van der Waals surface area contributed by atoms with Gasteiger partial charge in [0.25, 0.3) is 0 Å². The number of rotatable bonds is 4. The molecule has 0 spiro atoms. The summed E-state index contributed by atoms with van der Waals surface area (Å²) in [6, 6.07) is 0. The van der Waals surface area contributed by atoms with Gasteiger partial charge in [-0.15, -0.1) is 0 Å². The second-order valence-corrected chi connectivity index (χ2v) is 3.63. The SMILES string of the molecule is CCOC(=O)NCC1(CN)CCC1. The molecule has 76 valence electrons. The third-order valence-electron chi connectivity index (χ3n) is 2.73. The van der Waals surface area contributed by atoms with Crippen LogP contribution in [0.2, 0.25) is 0 Å². The van der Waals surface area contributed by atoms with Gasteiger partial charge < -0.3 is 15.8 Å². The number of hydrogen-bond donors (Lipinski definition) is 2. The fourth-order valence-corrected chi connectivity index (χ4v) is 1.57. The lowest BCUT2D eigenvalue weighted by Crippen LogP contribution is -2.47. The molecular formula is C9H18N2O2. The van der Waals surface area contributed by atoms with Gasteiger partial charge in [0.05, 0.1) is 6.61 Å². The van der Waals surface area contributed by atoms with Crippen LogP contribution in [0.5, 0.6) is 0 Å². The van der Waals surface area contributed by atoms with E-state index in [1.807, 2.05) is 0 Å². The molecule has 0 bridgehead atoms. The molecule has 0 atom stereocenters. The Morgan fingerprint density at radius 1 is 1.62 bits per heavy atom. The highest BCUT2D eigenvalue weighted by Gasteiger charge is 2.35. The van der Waals surface area contributed by atoms with Crippen LogP contribution >= 0.6 is 0 Å². The number of carbonyl (C=O) groups is 1. The molecule has 1 aliphatic carbocycles. The monoisotopic (exact) mass is 186 g/mol. The number of alkyl carbamates (subject to hydrolysis) is 1. The summed E-state index contributed by atoms with van der Waals surface area (Å²) in [6.07, 6.45) is 3.13. The van der Waals surface area contributed by atoms with Crippen molar-refractivity contribution in [1.29, 1.82) is 0 Å². The van der Waals surface area contributed by atoms with Crippen LogP contribution in [0.3, 0.4) is 0 Å². The molecule has 0 aromatic carbocycles. The number of nitrogens with two attached hydrogens (primary N) is 1. The van der Waals surface area contributed by atoms with E-state index in [0.29, 0.717) is 19.7 Å². The Labute approximate surface area is 78.8 Å². The van der Waals surface area contributed by atoms with Gasteiger partial charge in [0, 0.05) is 12.0 Å². The Balaban J connectivity index is 2.20. The molecule has 3 N–H and O–H groups in total. The van der Waals surface area contributed by atoms with Gasteiger partial charge >= 0.3 is 6.09 Å². The number of carbonyl (C=O) groups excluding carboxylic acids is 1. The lowest BCUT2D eigenvalue weighted by molar-refractivity contribution is 0.118. The average Bonchev–Trinajstić information content (AvgIpc) is 2.04. The second kappa shape index (κ2) is 4.46. The minimum Gasteiger partial charge on any atom is -0.450 e. The van der Waals surface area contributed by atoms with E-state index in [4.69, 9.17) is 10.5 Å². The van der Waals surface area contributed by atoms with Crippen LogP contribution in [0.1, 0.15) is 26.2 Å². The van der Waals surface area contributed by atoms with Crippen molar-refractivity contribution in [2.24, 2.45) is 11.1 Å². The first-order valence-corrected chi connectivity index (χ1v) is 4.83. The zero-order valence-corrected chi connectivity index (χ0v) is 8.14. The smallest absolute Gasteiger partial charge is 0.407 e. The van der Waals surface area contributed by atoms with E-state index < -0.39 is 0 Å². The van der Waals surface area contributed by atoms with E-state index in [0.717, 1.165) is 12.8 Å². The molecule has 1 rings (SSSR count). The van der Waals surface area contributed by atoms with E-state index in [1.165, 1.54) is 6.42 Å². The number of nitrogens with one attached hydrogen (secondary N) is 1. The third kappa shape index (κ3) is 2.59. The molecule has 0 unspecified atom stereocenters. The van der Waals surface area contributed by atoms with Gasteiger partial charge in [0.1, 0.15) is 0 Å². The molecule has 1 amide bonds. The molecule has 0 heterocycles. The summed E-state index contributed by atoms with van der Waals surface area (Å²) >= 11 is 0. The first-order chi connectivity index (χ1) is 6.22. The van der Waals surface area contributed by atoms with Crippen molar-refractivity contribution in [1.82, 2.24) is 5.32 Å². The highest BCUT2D eigenvalue weighted by atomic mass is 16.5. The normalized spacial score (nSPS) is 18.9. The van der Waals surface area contributed by atoms with E-state index in [2.05, 4.69) is 5.32 Å². The van der Waals surface area contributed by atoms with Crippen LogP contribution in [-0.4, -0.2) is 25.8 Å². The highest BCUT2D eigenvalue weighted by molar-refractivity contribution is 5.67. The van der Waals surface area contributed by atoms with Crippen LogP contribution in [0, 0.1) is 5.41 Å². The standard InChI is InChI=1S/C9H18N2O2/c1-2-13-8(12)11-7-9(6-10)4-3-5-9/h2-7,10H2,1H3,(H,11,12). The second-order valence-electron chi connectivity index (χ2n) is 3.63. The Morgan fingerprint density at radius 3 is 2.69 bits per heavy atom. The molecule has 0 aromatic rings. The third-order valence-corrected chi connectivity index (χ3v) is 2.73. The Kier molecular flexibility index (Phi) is 3.54. The zero-order valence-electron chi connectivity index (χ0n) is 8.14. The van der Waals surface area contributed by atoms with Crippen molar-refractivity contribution >= 4 is 6.09 Å². The highest BCUT2D eigenvalue weighted by Crippen LogP contribution is 2.38. The minimum atomic E-state index is -0.331. The van der Waals surface area contributed by atoms with Crippen molar-refractivity contribution in [2.75, 3.05) is 19.7 Å². The molecule has 0 saturated heterocycles. The van der Waals surface area contributed by atoms with Crippen molar-refractivity contribution in [3.05, 3.63) is 0 Å².